The van der Waals surface area contributed by atoms with Gasteiger partial charge in [-0.3, -0.25) is 4.90 Å². The van der Waals surface area contributed by atoms with Crippen LogP contribution in [-0.4, -0.2) is 36.5 Å². The van der Waals surface area contributed by atoms with E-state index in [1.165, 1.54) is 0 Å². The van der Waals surface area contributed by atoms with Crippen molar-refractivity contribution in [2.75, 3.05) is 6.54 Å². The van der Waals surface area contributed by atoms with E-state index >= 15 is 0 Å². The van der Waals surface area contributed by atoms with E-state index in [2.05, 4.69) is 43.8 Å². The van der Waals surface area contributed by atoms with Crippen molar-refractivity contribution >= 4 is 0 Å². The van der Waals surface area contributed by atoms with Crippen LogP contribution in [0.15, 0.2) is 21.2 Å². The quantitative estimate of drug-likeness (QED) is 0.618. The van der Waals surface area contributed by atoms with E-state index < -0.39 is 0 Å². The lowest BCUT2D eigenvalue weighted by atomic mass is 9.97. The number of aryl methyl sites for hydroxylation is 3. The van der Waals surface area contributed by atoms with E-state index in [-0.39, 0.29) is 0 Å². The Hall–Kier alpha value is -2.48. The van der Waals surface area contributed by atoms with Crippen LogP contribution in [0.1, 0.15) is 60.7 Å². The van der Waals surface area contributed by atoms with Crippen LogP contribution >= 0.6 is 0 Å². The number of hydrogen-bond acceptors (Lipinski definition) is 7. The minimum Gasteiger partial charge on any atom is -0.361 e. The Balaban J connectivity index is 1.49. The van der Waals surface area contributed by atoms with Gasteiger partial charge in [-0.15, -0.1) is 10.2 Å². The summed E-state index contributed by atoms with van der Waals surface area (Å²) in [4.78, 5) is 2.38. The summed E-state index contributed by atoms with van der Waals surface area (Å²) in [6.45, 7) is 11.6. The lowest BCUT2D eigenvalue weighted by Gasteiger charge is -2.30. The van der Waals surface area contributed by atoms with Crippen LogP contribution in [0.25, 0.3) is 0 Å². The molecule has 150 valence electrons. The molecule has 0 aromatic carbocycles. The molecule has 1 aliphatic heterocycles. The molecule has 1 atom stereocenters. The Morgan fingerprint density at radius 1 is 1.07 bits per heavy atom. The number of hydrogen-bond donors (Lipinski definition) is 0. The zero-order valence-electron chi connectivity index (χ0n) is 17.1. The number of aromatic nitrogens is 5. The zero-order chi connectivity index (χ0) is 19.7. The normalized spacial score (nSPS) is 16.9. The van der Waals surface area contributed by atoms with Crippen LogP contribution < -0.4 is 0 Å². The lowest BCUT2D eigenvalue weighted by Crippen LogP contribution is -2.34. The lowest BCUT2D eigenvalue weighted by molar-refractivity contribution is 0.178. The Morgan fingerprint density at radius 2 is 1.71 bits per heavy atom. The molecule has 0 aliphatic carbocycles. The molecular formula is C20H28N6O2. The van der Waals surface area contributed by atoms with E-state index in [0.29, 0.717) is 11.8 Å². The molecule has 3 aromatic rings. The highest BCUT2D eigenvalue weighted by Gasteiger charge is 2.26. The molecule has 0 unspecified atom stereocenters. The summed E-state index contributed by atoms with van der Waals surface area (Å²) in [7, 11) is 0. The van der Waals surface area contributed by atoms with Gasteiger partial charge < -0.3 is 13.6 Å². The highest BCUT2D eigenvalue weighted by atomic mass is 16.5. The monoisotopic (exact) mass is 384 g/mol. The molecule has 3 aromatic heterocycles. The second kappa shape index (κ2) is 7.87. The van der Waals surface area contributed by atoms with Crippen LogP contribution in [0, 0.1) is 19.8 Å². The molecule has 4 heterocycles. The van der Waals surface area contributed by atoms with Crippen molar-refractivity contribution in [3.8, 4) is 0 Å². The third-order valence-electron chi connectivity index (χ3n) is 5.23. The molecule has 0 N–H and O–H groups in total. The maximum atomic E-state index is 5.26. The minimum absolute atomic E-state index is 0.382. The van der Waals surface area contributed by atoms with E-state index in [1.54, 1.807) is 0 Å². The predicted molar refractivity (Wildman–Crippen MR) is 103 cm³/mol. The third-order valence-corrected chi connectivity index (χ3v) is 5.23. The molecule has 0 bridgehead atoms. The molecule has 8 heteroatoms. The van der Waals surface area contributed by atoms with Crippen molar-refractivity contribution < 1.29 is 9.05 Å². The van der Waals surface area contributed by atoms with Gasteiger partial charge in [0.15, 0.2) is 0 Å². The fourth-order valence-electron chi connectivity index (χ4n) is 3.99. The van der Waals surface area contributed by atoms with Crippen LogP contribution in [0.2, 0.25) is 0 Å². The molecule has 0 radical (unpaired) electrons. The van der Waals surface area contributed by atoms with E-state index in [1.807, 2.05) is 26.0 Å². The second-order valence-electron chi connectivity index (χ2n) is 8.17. The van der Waals surface area contributed by atoms with Crippen LogP contribution in [0.5, 0.6) is 0 Å². The van der Waals surface area contributed by atoms with Gasteiger partial charge in [0.2, 0.25) is 0 Å². The first-order chi connectivity index (χ1) is 13.5. The van der Waals surface area contributed by atoms with Crippen LogP contribution in [0.4, 0.5) is 0 Å². The molecule has 0 fully saturated rings. The van der Waals surface area contributed by atoms with Gasteiger partial charge in [-0.25, -0.2) is 0 Å². The maximum absolute atomic E-state index is 5.26. The average Bonchev–Trinajstić information content (AvgIpc) is 3.35. The first-order valence-corrected chi connectivity index (χ1v) is 9.96. The smallest absolute Gasteiger partial charge is 0.135 e. The van der Waals surface area contributed by atoms with Gasteiger partial charge in [0, 0.05) is 50.7 Å². The van der Waals surface area contributed by atoms with Crippen molar-refractivity contribution in [2.45, 2.75) is 66.1 Å². The molecule has 0 saturated heterocycles. The zero-order valence-corrected chi connectivity index (χ0v) is 17.1. The molecule has 28 heavy (non-hydrogen) atoms. The Labute approximate surface area is 164 Å². The summed E-state index contributed by atoms with van der Waals surface area (Å²) >= 11 is 0. The molecule has 0 amide bonds. The van der Waals surface area contributed by atoms with Crippen molar-refractivity contribution in [2.24, 2.45) is 5.92 Å². The van der Waals surface area contributed by atoms with Crippen molar-refractivity contribution in [1.29, 1.82) is 0 Å². The molecule has 1 aliphatic rings. The van der Waals surface area contributed by atoms with Gasteiger partial charge >= 0.3 is 0 Å². The molecule has 0 spiro atoms. The number of nitrogens with zero attached hydrogens (tertiary/aromatic N) is 6. The summed E-state index contributed by atoms with van der Waals surface area (Å²) in [5.41, 5.74) is 1.89. The Morgan fingerprint density at radius 3 is 2.25 bits per heavy atom. The third kappa shape index (κ3) is 4.16. The molecule has 8 nitrogen and oxygen atoms in total. The van der Waals surface area contributed by atoms with Crippen molar-refractivity contribution in [3.05, 3.63) is 46.7 Å². The van der Waals surface area contributed by atoms with E-state index in [0.717, 1.165) is 73.6 Å². The van der Waals surface area contributed by atoms with Gasteiger partial charge in [0.1, 0.15) is 23.2 Å². The fourth-order valence-corrected chi connectivity index (χ4v) is 3.99. The largest absolute Gasteiger partial charge is 0.361 e. The van der Waals surface area contributed by atoms with Gasteiger partial charge in [0.05, 0.1) is 11.4 Å². The highest BCUT2D eigenvalue weighted by molar-refractivity contribution is 5.07. The highest BCUT2D eigenvalue weighted by Crippen LogP contribution is 2.25. The minimum atomic E-state index is 0.382. The summed E-state index contributed by atoms with van der Waals surface area (Å²) in [6.07, 6.45) is 2.09. The number of rotatable bonds is 7. The SMILES string of the molecule is Cc1cc(CN(Cc2cc(C)on2)C[C@@H]2CCc3nnc(C(C)C)n3C2)no1. The van der Waals surface area contributed by atoms with Crippen LogP contribution in [0.3, 0.4) is 0 Å². The molecule has 0 saturated carbocycles. The summed E-state index contributed by atoms with van der Waals surface area (Å²) in [6, 6.07) is 3.99. The van der Waals surface area contributed by atoms with Crippen molar-refractivity contribution in [1.82, 2.24) is 30.0 Å². The van der Waals surface area contributed by atoms with Crippen molar-refractivity contribution in [3.63, 3.8) is 0 Å². The fraction of sp³-hybridized carbons (Fsp3) is 0.600. The average molecular weight is 384 g/mol. The Kier molecular flexibility index (Phi) is 5.30. The predicted octanol–water partition coefficient (Wildman–Crippen LogP) is 3.26. The second-order valence-corrected chi connectivity index (χ2v) is 8.17. The van der Waals surface area contributed by atoms with Gasteiger partial charge in [-0.05, 0) is 26.2 Å². The molecule has 4 rings (SSSR count). The van der Waals surface area contributed by atoms with Crippen LogP contribution in [-0.2, 0) is 26.1 Å². The standard InChI is InChI=1S/C20H28N6O2/c1-13(2)20-22-21-19-6-5-16(10-26(19)20)9-25(11-17-7-14(3)27-23-17)12-18-8-15(4)28-24-18/h7-8,13,16H,5-6,9-12H2,1-4H3/t16-/m0/s1. The summed E-state index contributed by atoms with van der Waals surface area (Å²) in [5.74, 6) is 4.78. The Bertz CT molecular complexity index is 883. The van der Waals surface area contributed by atoms with Gasteiger partial charge in [0.25, 0.3) is 0 Å². The van der Waals surface area contributed by atoms with E-state index in [4.69, 9.17) is 9.05 Å². The van der Waals surface area contributed by atoms with Gasteiger partial charge in [-0.1, -0.05) is 24.2 Å². The van der Waals surface area contributed by atoms with Gasteiger partial charge in [-0.2, -0.15) is 0 Å². The van der Waals surface area contributed by atoms with E-state index in [9.17, 15) is 0 Å². The molecular weight excluding hydrogens is 356 g/mol. The summed E-state index contributed by atoms with van der Waals surface area (Å²) < 4.78 is 12.8. The first-order valence-electron chi connectivity index (χ1n) is 9.96. The maximum Gasteiger partial charge on any atom is 0.135 e. The first kappa shape index (κ1) is 18.9. The summed E-state index contributed by atoms with van der Waals surface area (Å²) in [5, 5.41) is 17.1. The topological polar surface area (TPSA) is 86.0 Å². The number of fused-ring (bicyclic) bond motifs is 1.